The minimum Gasteiger partial charge on any atom is -0.330 e. The average Bonchev–Trinajstić information content (AvgIpc) is 2.19. The smallest absolute Gasteiger partial charge is 0.0291 e. The van der Waals surface area contributed by atoms with Crippen LogP contribution in [0.15, 0.2) is 28.7 Å². The second-order valence-corrected chi connectivity index (χ2v) is 4.29. The molecule has 0 aliphatic carbocycles. The maximum atomic E-state index is 5.43. The molecule has 1 aromatic carbocycles. The highest BCUT2D eigenvalue weighted by atomic mass is 79.9. The van der Waals surface area contributed by atoms with Crippen molar-refractivity contribution in [2.24, 2.45) is 5.73 Å². The molecule has 0 saturated carbocycles. The van der Waals surface area contributed by atoms with Gasteiger partial charge >= 0.3 is 0 Å². The van der Waals surface area contributed by atoms with Crippen LogP contribution in [0.1, 0.15) is 24.9 Å². The fourth-order valence-electron chi connectivity index (χ4n) is 1.29. The first-order chi connectivity index (χ1) is 6.74. The zero-order chi connectivity index (χ0) is 10.4. The third kappa shape index (κ3) is 3.78. The van der Waals surface area contributed by atoms with Gasteiger partial charge in [0.05, 0.1) is 0 Å². The number of nitrogens with two attached hydrogens (primary N) is 1. The van der Waals surface area contributed by atoms with Crippen LogP contribution in [0.4, 0.5) is 0 Å². The zero-order valence-electron chi connectivity index (χ0n) is 8.46. The second-order valence-electron chi connectivity index (χ2n) is 3.37. The van der Waals surface area contributed by atoms with Crippen molar-refractivity contribution in [3.63, 3.8) is 0 Å². The molecular weight excluding hydrogens is 240 g/mol. The van der Waals surface area contributed by atoms with Crippen LogP contribution in [0.2, 0.25) is 0 Å². The van der Waals surface area contributed by atoms with E-state index in [4.69, 9.17) is 5.73 Å². The lowest BCUT2D eigenvalue weighted by Gasteiger charge is -2.13. The topological polar surface area (TPSA) is 38.0 Å². The summed E-state index contributed by atoms with van der Waals surface area (Å²) in [5.41, 5.74) is 6.74. The van der Waals surface area contributed by atoms with E-state index in [1.807, 2.05) is 0 Å². The number of rotatable bonds is 5. The van der Waals surface area contributed by atoms with Crippen molar-refractivity contribution in [2.75, 3.05) is 13.1 Å². The quantitative estimate of drug-likeness (QED) is 0.795. The first-order valence-electron chi connectivity index (χ1n) is 4.93. The number of nitrogens with one attached hydrogen (secondary N) is 1. The van der Waals surface area contributed by atoms with Crippen LogP contribution in [0, 0.1) is 0 Å². The van der Waals surface area contributed by atoms with Crippen molar-refractivity contribution in [1.82, 2.24) is 5.32 Å². The standard InChI is InChI=1S/C11H17BrN2/c1-9(14-8-2-7-13)10-3-5-11(12)6-4-10/h3-6,9,14H,2,7-8,13H2,1H3. The highest BCUT2D eigenvalue weighted by molar-refractivity contribution is 9.10. The van der Waals surface area contributed by atoms with E-state index in [9.17, 15) is 0 Å². The van der Waals surface area contributed by atoms with Gasteiger partial charge in [-0.15, -0.1) is 0 Å². The molecule has 0 heterocycles. The van der Waals surface area contributed by atoms with Gasteiger partial charge < -0.3 is 11.1 Å². The maximum absolute atomic E-state index is 5.43. The van der Waals surface area contributed by atoms with Crippen LogP contribution in [0.5, 0.6) is 0 Å². The van der Waals surface area contributed by atoms with E-state index in [-0.39, 0.29) is 0 Å². The summed E-state index contributed by atoms with van der Waals surface area (Å²) >= 11 is 3.42. The van der Waals surface area contributed by atoms with Gasteiger partial charge in [0.1, 0.15) is 0 Å². The molecule has 0 amide bonds. The van der Waals surface area contributed by atoms with Crippen molar-refractivity contribution < 1.29 is 0 Å². The molecule has 0 fully saturated rings. The van der Waals surface area contributed by atoms with Gasteiger partial charge in [0.15, 0.2) is 0 Å². The minimum absolute atomic E-state index is 0.398. The number of halogens is 1. The Bertz CT molecular complexity index is 258. The Morgan fingerprint density at radius 3 is 2.57 bits per heavy atom. The highest BCUT2D eigenvalue weighted by Crippen LogP contribution is 2.16. The van der Waals surface area contributed by atoms with Crippen molar-refractivity contribution in [1.29, 1.82) is 0 Å². The van der Waals surface area contributed by atoms with Crippen molar-refractivity contribution in [3.8, 4) is 0 Å². The molecule has 0 spiro atoms. The largest absolute Gasteiger partial charge is 0.330 e. The summed E-state index contributed by atoms with van der Waals surface area (Å²) in [5.74, 6) is 0. The fraction of sp³-hybridized carbons (Fsp3) is 0.455. The summed E-state index contributed by atoms with van der Waals surface area (Å²) in [6.07, 6.45) is 1.03. The van der Waals surface area contributed by atoms with Gasteiger partial charge in [0.25, 0.3) is 0 Å². The molecule has 1 unspecified atom stereocenters. The molecule has 3 N–H and O–H groups in total. The van der Waals surface area contributed by atoms with Crippen LogP contribution >= 0.6 is 15.9 Å². The molecular formula is C11H17BrN2. The molecule has 1 aromatic rings. The summed E-state index contributed by atoms with van der Waals surface area (Å²) in [5, 5.41) is 3.42. The number of benzene rings is 1. The first-order valence-corrected chi connectivity index (χ1v) is 5.72. The molecule has 1 atom stereocenters. The molecule has 2 nitrogen and oxygen atoms in total. The van der Waals surface area contributed by atoms with Gasteiger partial charge in [-0.2, -0.15) is 0 Å². The van der Waals surface area contributed by atoms with Crippen LogP contribution in [0.25, 0.3) is 0 Å². The SMILES string of the molecule is CC(NCCCN)c1ccc(Br)cc1. The second kappa shape index (κ2) is 6.17. The third-order valence-electron chi connectivity index (χ3n) is 2.20. The van der Waals surface area contributed by atoms with Crippen molar-refractivity contribution in [2.45, 2.75) is 19.4 Å². The van der Waals surface area contributed by atoms with E-state index in [1.54, 1.807) is 0 Å². The zero-order valence-corrected chi connectivity index (χ0v) is 10.0. The molecule has 0 radical (unpaired) electrons. The predicted octanol–water partition coefficient (Wildman–Crippen LogP) is 2.45. The van der Waals surface area contributed by atoms with E-state index in [1.165, 1.54) is 5.56 Å². The molecule has 0 saturated heterocycles. The molecule has 0 aliphatic heterocycles. The summed E-state index contributed by atoms with van der Waals surface area (Å²) < 4.78 is 1.12. The van der Waals surface area contributed by atoms with Crippen molar-refractivity contribution in [3.05, 3.63) is 34.3 Å². The van der Waals surface area contributed by atoms with Gasteiger partial charge in [-0.05, 0) is 44.1 Å². The van der Waals surface area contributed by atoms with E-state index in [2.05, 4.69) is 52.4 Å². The molecule has 0 aromatic heterocycles. The van der Waals surface area contributed by atoms with E-state index < -0.39 is 0 Å². The predicted molar refractivity (Wildman–Crippen MR) is 64.2 cm³/mol. The highest BCUT2D eigenvalue weighted by Gasteiger charge is 2.02. The fourth-order valence-corrected chi connectivity index (χ4v) is 1.55. The Morgan fingerprint density at radius 2 is 2.00 bits per heavy atom. The minimum atomic E-state index is 0.398. The lowest BCUT2D eigenvalue weighted by atomic mass is 10.1. The van der Waals surface area contributed by atoms with E-state index in [0.29, 0.717) is 6.04 Å². The van der Waals surface area contributed by atoms with Crippen LogP contribution in [-0.4, -0.2) is 13.1 Å². The molecule has 14 heavy (non-hydrogen) atoms. The Hall–Kier alpha value is -0.380. The van der Waals surface area contributed by atoms with Crippen LogP contribution < -0.4 is 11.1 Å². The van der Waals surface area contributed by atoms with Gasteiger partial charge in [0.2, 0.25) is 0 Å². The van der Waals surface area contributed by atoms with Gasteiger partial charge in [-0.1, -0.05) is 28.1 Å². The molecule has 78 valence electrons. The maximum Gasteiger partial charge on any atom is 0.0291 e. The summed E-state index contributed by atoms with van der Waals surface area (Å²) in [7, 11) is 0. The first kappa shape index (κ1) is 11.7. The lowest BCUT2D eigenvalue weighted by molar-refractivity contribution is 0.562. The van der Waals surface area contributed by atoms with Gasteiger partial charge in [-0.3, -0.25) is 0 Å². The average molecular weight is 257 g/mol. The van der Waals surface area contributed by atoms with Crippen molar-refractivity contribution >= 4 is 15.9 Å². The molecule has 0 bridgehead atoms. The Labute approximate surface area is 94.0 Å². The summed E-state index contributed by atoms with van der Waals surface area (Å²) in [6, 6.07) is 8.79. The van der Waals surface area contributed by atoms with Gasteiger partial charge in [0, 0.05) is 10.5 Å². The Morgan fingerprint density at radius 1 is 1.36 bits per heavy atom. The van der Waals surface area contributed by atoms with Crippen LogP contribution in [0.3, 0.4) is 0 Å². The number of hydrogen-bond acceptors (Lipinski definition) is 2. The number of hydrogen-bond donors (Lipinski definition) is 2. The van der Waals surface area contributed by atoms with Crippen LogP contribution in [-0.2, 0) is 0 Å². The Kier molecular flexibility index (Phi) is 5.15. The monoisotopic (exact) mass is 256 g/mol. The van der Waals surface area contributed by atoms with E-state index >= 15 is 0 Å². The molecule has 1 rings (SSSR count). The molecule has 3 heteroatoms. The third-order valence-corrected chi connectivity index (χ3v) is 2.73. The molecule has 0 aliphatic rings. The summed E-state index contributed by atoms with van der Waals surface area (Å²) in [4.78, 5) is 0. The van der Waals surface area contributed by atoms with Gasteiger partial charge in [-0.25, -0.2) is 0 Å². The summed E-state index contributed by atoms with van der Waals surface area (Å²) in [6.45, 7) is 3.90. The lowest BCUT2D eigenvalue weighted by Crippen LogP contribution is -2.21. The Balaban J connectivity index is 2.43. The normalized spacial score (nSPS) is 12.8. The van der Waals surface area contributed by atoms with E-state index in [0.717, 1.165) is 24.0 Å².